The van der Waals surface area contributed by atoms with E-state index in [9.17, 15) is 19.5 Å². The van der Waals surface area contributed by atoms with Gasteiger partial charge in [-0.2, -0.15) is 0 Å². The van der Waals surface area contributed by atoms with Gasteiger partial charge in [0.1, 0.15) is 12.6 Å². The second-order valence-electron chi connectivity index (χ2n) is 9.30. The fourth-order valence-electron chi connectivity index (χ4n) is 5.20. The molecule has 0 heterocycles. The minimum Gasteiger partial charge on any atom is -0.480 e. The first kappa shape index (κ1) is 24.5. The number of alkyl carbamates (subject to hydrolysis) is 1. The summed E-state index contributed by atoms with van der Waals surface area (Å²) in [6.07, 6.45) is 4.62. The third-order valence-corrected chi connectivity index (χ3v) is 6.98. The summed E-state index contributed by atoms with van der Waals surface area (Å²) in [7, 11) is 0. The van der Waals surface area contributed by atoms with Crippen LogP contribution in [0.1, 0.15) is 55.6 Å². The van der Waals surface area contributed by atoms with Crippen molar-refractivity contribution in [3.05, 3.63) is 72.3 Å². The van der Waals surface area contributed by atoms with E-state index in [1.54, 1.807) is 6.08 Å². The molecule has 1 saturated carbocycles. The molecule has 2 aliphatic carbocycles. The molecule has 2 aromatic carbocycles. The first-order valence-corrected chi connectivity index (χ1v) is 12.2. The number of amides is 2. The highest BCUT2D eigenvalue weighted by molar-refractivity contribution is 5.85. The minimum atomic E-state index is -1.05. The van der Waals surface area contributed by atoms with Crippen LogP contribution in [0.2, 0.25) is 0 Å². The number of benzene rings is 2. The average molecular weight is 477 g/mol. The number of ether oxygens (including phenoxy) is 1. The maximum atomic E-state index is 12.7. The van der Waals surface area contributed by atoms with Crippen LogP contribution in [0, 0.1) is 5.92 Å². The molecule has 4 rings (SSSR count). The standard InChI is InChI=1S/C28H32N2O5/c1-2-3-15-25(27(32)33)30-26(31)18-9-8-10-19(16-18)29-28(34)35-17-24-22-13-6-4-11-20(22)21-12-5-7-14-23(21)24/h2,4-7,11-14,18-19,24-25H,1,3,8-10,15-17H2,(H,29,34)(H,30,31)(H,32,33). The van der Waals surface area contributed by atoms with E-state index >= 15 is 0 Å². The number of allylic oxidation sites excluding steroid dienone is 1. The van der Waals surface area contributed by atoms with Gasteiger partial charge in [0, 0.05) is 17.9 Å². The van der Waals surface area contributed by atoms with E-state index in [2.05, 4.69) is 41.5 Å². The Bertz CT molecular complexity index is 1050. The number of carboxylic acid groups (broad SMARTS) is 1. The summed E-state index contributed by atoms with van der Waals surface area (Å²) in [5, 5.41) is 14.9. The zero-order valence-electron chi connectivity index (χ0n) is 19.7. The molecule has 2 aliphatic rings. The summed E-state index contributed by atoms with van der Waals surface area (Å²) in [4.78, 5) is 36.8. The van der Waals surface area contributed by atoms with Gasteiger partial charge >= 0.3 is 12.1 Å². The lowest BCUT2D eigenvalue weighted by atomic mass is 9.85. The number of nitrogens with one attached hydrogen (secondary N) is 2. The van der Waals surface area contributed by atoms with Crippen molar-refractivity contribution < 1.29 is 24.2 Å². The zero-order chi connectivity index (χ0) is 24.8. The number of aliphatic carboxylic acids is 1. The third kappa shape index (κ3) is 5.73. The van der Waals surface area contributed by atoms with Crippen LogP contribution in [0.15, 0.2) is 61.2 Å². The highest BCUT2D eigenvalue weighted by Gasteiger charge is 2.32. The van der Waals surface area contributed by atoms with Crippen LogP contribution in [0.3, 0.4) is 0 Å². The number of carbonyl (C=O) groups excluding carboxylic acids is 2. The Morgan fingerprint density at radius 3 is 2.34 bits per heavy atom. The summed E-state index contributed by atoms with van der Waals surface area (Å²) >= 11 is 0. The highest BCUT2D eigenvalue weighted by atomic mass is 16.5. The van der Waals surface area contributed by atoms with E-state index in [4.69, 9.17) is 4.74 Å². The van der Waals surface area contributed by atoms with Crippen LogP contribution in [-0.4, -0.2) is 41.8 Å². The molecule has 3 atom stereocenters. The van der Waals surface area contributed by atoms with Gasteiger partial charge < -0.3 is 20.5 Å². The molecule has 2 aromatic rings. The Labute approximate surface area is 205 Å². The fourth-order valence-corrected chi connectivity index (χ4v) is 5.20. The Hall–Kier alpha value is -3.61. The van der Waals surface area contributed by atoms with E-state index in [1.807, 2.05) is 24.3 Å². The topological polar surface area (TPSA) is 105 Å². The molecule has 184 valence electrons. The van der Waals surface area contributed by atoms with Crippen LogP contribution >= 0.6 is 0 Å². The number of fused-ring (bicyclic) bond motifs is 3. The fraction of sp³-hybridized carbons (Fsp3) is 0.393. The molecule has 0 aliphatic heterocycles. The van der Waals surface area contributed by atoms with Gasteiger partial charge in [-0.3, -0.25) is 4.79 Å². The quantitative estimate of drug-likeness (QED) is 0.458. The lowest BCUT2D eigenvalue weighted by Crippen LogP contribution is -2.47. The van der Waals surface area contributed by atoms with Crippen molar-refractivity contribution in [3.63, 3.8) is 0 Å². The maximum absolute atomic E-state index is 12.7. The number of hydrogen-bond acceptors (Lipinski definition) is 4. The molecule has 0 radical (unpaired) electrons. The predicted octanol–water partition coefficient (Wildman–Crippen LogP) is 4.62. The Morgan fingerprint density at radius 2 is 1.71 bits per heavy atom. The van der Waals surface area contributed by atoms with E-state index in [1.165, 1.54) is 11.1 Å². The van der Waals surface area contributed by atoms with Crippen molar-refractivity contribution in [2.45, 2.75) is 56.5 Å². The van der Waals surface area contributed by atoms with E-state index in [0.717, 1.165) is 24.0 Å². The van der Waals surface area contributed by atoms with E-state index < -0.39 is 18.1 Å². The monoisotopic (exact) mass is 476 g/mol. The van der Waals surface area contributed by atoms with Crippen LogP contribution in [0.4, 0.5) is 4.79 Å². The lowest BCUT2D eigenvalue weighted by Gasteiger charge is -2.29. The van der Waals surface area contributed by atoms with Gasteiger partial charge in [-0.15, -0.1) is 6.58 Å². The lowest BCUT2D eigenvalue weighted by molar-refractivity contribution is -0.142. The summed E-state index contributed by atoms with van der Waals surface area (Å²) in [6, 6.07) is 15.2. The normalized spacial score (nSPS) is 19.7. The Kier molecular flexibility index (Phi) is 7.85. The molecule has 2 amide bonds. The molecule has 0 saturated heterocycles. The largest absolute Gasteiger partial charge is 0.480 e. The van der Waals surface area contributed by atoms with Crippen LogP contribution < -0.4 is 10.6 Å². The number of carbonyl (C=O) groups is 3. The van der Waals surface area contributed by atoms with E-state index in [0.29, 0.717) is 25.7 Å². The molecular formula is C28H32N2O5. The van der Waals surface area contributed by atoms with Gasteiger partial charge in [0.05, 0.1) is 0 Å². The Balaban J connectivity index is 1.31. The molecule has 3 N–H and O–H groups in total. The van der Waals surface area contributed by atoms with Crippen LogP contribution in [-0.2, 0) is 14.3 Å². The molecule has 1 fully saturated rings. The molecular weight excluding hydrogens is 444 g/mol. The molecule has 35 heavy (non-hydrogen) atoms. The van der Waals surface area contributed by atoms with Crippen molar-refractivity contribution >= 4 is 18.0 Å². The summed E-state index contributed by atoms with van der Waals surface area (Å²) in [5.41, 5.74) is 4.65. The maximum Gasteiger partial charge on any atom is 0.407 e. The van der Waals surface area contributed by atoms with Gasteiger partial charge in [-0.25, -0.2) is 9.59 Å². The summed E-state index contributed by atoms with van der Waals surface area (Å²) < 4.78 is 5.64. The Morgan fingerprint density at radius 1 is 1.06 bits per heavy atom. The zero-order valence-corrected chi connectivity index (χ0v) is 19.7. The first-order valence-electron chi connectivity index (χ1n) is 12.2. The smallest absolute Gasteiger partial charge is 0.407 e. The van der Waals surface area contributed by atoms with Gasteiger partial charge in [0.25, 0.3) is 0 Å². The van der Waals surface area contributed by atoms with Gasteiger partial charge in [-0.1, -0.05) is 61.0 Å². The summed E-state index contributed by atoms with van der Waals surface area (Å²) in [6.45, 7) is 3.84. The second-order valence-corrected chi connectivity index (χ2v) is 9.30. The van der Waals surface area contributed by atoms with Gasteiger partial charge in [-0.05, 0) is 54.4 Å². The molecule has 7 nitrogen and oxygen atoms in total. The molecule has 7 heteroatoms. The predicted molar refractivity (Wildman–Crippen MR) is 133 cm³/mol. The van der Waals surface area contributed by atoms with Crippen LogP contribution in [0.5, 0.6) is 0 Å². The van der Waals surface area contributed by atoms with Gasteiger partial charge in [0.2, 0.25) is 5.91 Å². The van der Waals surface area contributed by atoms with Crippen molar-refractivity contribution in [1.82, 2.24) is 10.6 Å². The molecule has 0 spiro atoms. The number of hydrogen-bond donors (Lipinski definition) is 3. The van der Waals surface area contributed by atoms with Crippen molar-refractivity contribution in [2.24, 2.45) is 5.92 Å². The molecule has 0 bridgehead atoms. The SMILES string of the molecule is C=CCCC(NC(=O)C1CCCC(NC(=O)OCC2c3ccccc3-c3ccccc32)C1)C(=O)O. The molecule has 3 unspecified atom stereocenters. The van der Waals surface area contributed by atoms with E-state index in [-0.39, 0.29) is 30.4 Å². The first-order chi connectivity index (χ1) is 17.0. The van der Waals surface area contributed by atoms with Crippen LogP contribution in [0.25, 0.3) is 11.1 Å². The second kappa shape index (κ2) is 11.2. The average Bonchev–Trinajstić information content (AvgIpc) is 3.19. The summed E-state index contributed by atoms with van der Waals surface area (Å²) in [5.74, 6) is -1.68. The van der Waals surface area contributed by atoms with Crippen molar-refractivity contribution in [2.75, 3.05) is 6.61 Å². The van der Waals surface area contributed by atoms with Crippen molar-refractivity contribution in [1.29, 1.82) is 0 Å². The number of rotatable bonds is 9. The van der Waals surface area contributed by atoms with Crippen molar-refractivity contribution in [3.8, 4) is 11.1 Å². The van der Waals surface area contributed by atoms with Gasteiger partial charge in [0.15, 0.2) is 0 Å². The third-order valence-electron chi connectivity index (χ3n) is 6.98. The molecule has 0 aromatic heterocycles. The minimum absolute atomic E-state index is 0.0125. The highest BCUT2D eigenvalue weighted by Crippen LogP contribution is 2.44. The number of carboxylic acids is 1.